The molecular formula is C14H23ClN2O3S. The quantitative estimate of drug-likeness (QED) is 0.914. The first-order valence-electron chi connectivity index (χ1n) is 6.75. The molecule has 1 saturated heterocycles. The molecule has 7 heteroatoms. The second kappa shape index (κ2) is 6.96. The molecule has 0 aliphatic carbocycles. The van der Waals surface area contributed by atoms with Gasteiger partial charge in [-0.1, -0.05) is 0 Å². The molecule has 120 valence electrons. The van der Waals surface area contributed by atoms with E-state index < -0.39 is 10.0 Å². The lowest BCUT2D eigenvalue weighted by atomic mass is 10.1. The number of benzene rings is 1. The Hall–Kier alpha value is -0.820. The van der Waals surface area contributed by atoms with E-state index in [4.69, 9.17) is 4.74 Å². The van der Waals surface area contributed by atoms with Crippen molar-refractivity contribution in [3.05, 3.63) is 23.3 Å². The number of nitrogens with one attached hydrogen (secondary N) is 1. The van der Waals surface area contributed by atoms with Crippen molar-refractivity contribution in [2.75, 3.05) is 26.7 Å². The van der Waals surface area contributed by atoms with Gasteiger partial charge in [0, 0.05) is 25.7 Å². The summed E-state index contributed by atoms with van der Waals surface area (Å²) in [5.74, 6) is 0.748. The van der Waals surface area contributed by atoms with Crippen LogP contribution in [0.1, 0.15) is 18.1 Å². The molecule has 0 saturated carbocycles. The maximum Gasteiger partial charge on any atom is 0.243 e. The SMILES string of the molecule is COc1c(C)cc(S(=O)(=O)N2CCNC(C)C2)cc1C.Cl. The largest absolute Gasteiger partial charge is 0.496 e. The monoisotopic (exact) mass is 334 g/mol. The van der Waals surface area contributed by atoms with Crippen LogP contribution in [0.25, 0.3) is 0 Å². The summed E-state index contributed by atoms with van der Waals surface area (Å²) < 4.78 is 32.2. The zero-order valence-corrected chi connectivity index (χ0v) is 14.5. The van der Waals surface area contributed by atoms with E-state index in [0.29, 0.717) is 24.5 Å². The third kappa shape index (κ3) is 3.69. The summed E-state index contributed by atoms with van der Waals surface area (Å²) in [7, 11) is -1.83. The molecule has 1 unspecified atom stereocenters. The first kappa shape index (κ1) is 18.2. The molecule has 0 aromatic heterocycles. The van der Waals surface area contributed by atoms with E-state index in [2.05, 4.69) is 5.32 Å². The Morgan fingerprint density at radius 1 is 1.29 bits per heavy atom. The van der Waals surface area contributed by atoms with Gasteiger partial charge in [-0.2, -0.15) is 4.31 Å². The molecule has 0 radical (unpaired) electrons. The number of piperazine rings is 1. The van der Waals surface area contributed by atoms with Crippen molar-refractivity contribution in [3.63, 3.8) is 0 Å². The van der Waals surface area contributed by atoms with Crippen LogP contribution in [0.4, 0.5) is 0 Å². The van der Waals surface area contributed by atoms with Crippen LogP contribution >= 0.6 is 12.4 Å². The van der Waals surface area contributed by atoms with Gasteiger partial charge in [0.15, 0.2) is 0 Å². The highest BCUT2D eigenvalue weighted by atomic mass is 35.5. The molecule has 1 N–H and O–H groups in total. The molecule has 1 atom stereocenters. The number of methoxy groups -OCH3 is 1. The zero-order chi connectivity index (χ0) is 14.9. The average Bonchev–Trinajstić information content (AvgIpc) is 2.38. The molecule has 1 aliphatic rings. The Kier molecular flexibility index (Phi) is 6.04. The molecule has 2 rings (SSSR count). The summed E-state index contributed by atoms with van der Waals surface area (Å²) in [5.41, 5.74) is 1.68. The Morgan fingerprint density at radius 3 is 2.33 bits per heavy atom. The molecule has 0 bridgehead atoms. The van der Waals surface area contributed by atoms with Gasteiger partial charge in [-0.25, -0.2) is 8.42 Å². The normalized spacial score (nSPS) is 19.9. The van der Waals surface area contributed by atoms with Crippen molar-refractivity contribution in [3.8, 4) is 5.75 Å². The third-order valence-corrected chi connectivity index (χ3v) is 5.45. The number of aryl methyl sites for hydroxylation is 2. The highest BCUT2D eigenvalue weighted by molar-refractivity contribution is 7.89. The molecular weight excluding hydrogens is 312 g/mol. The predicted molar refractivity (Wildman–Crippen MR) is 85.9 cm³/mol. The average molecular weight is 335 g/mol. The van der Waals surface area contributed by atoms with Gasteiger partial charge in [-0.05, 0) is 44.0 Å². The summed E-state index contributed by atoms with van der Waals surface area (Å²) in [4.78, 5) is 0.349. The minimum atomic E-state index is -3.43. The molecule has 21 heavy (non-hydrogen) atoms. The zero-order valence-electron chi connectivity index (χ0n) is 12.8. The van der Waals surface area contributed by atoms with Gasteiger partial charge >= 0.3 is 0 Å². The second-order valence-corrected chi connectivity index (χ2v) is 7.25. The summed E-state index contributed by atoms with van der Waals surface area (Å²) in [5, 5.41) is 3.25. The number of nitrogens with zero attached hydrogens (tertiary/aromatic N) is 1. The fourth-order valence-corrected chi connectivity index (χ4v) is 4.35. The maximum absolute atomic E-state index is 12.7. The molecule has 0 spiro atoms. The van der Waals surface area contributed by atoms with Crippen molar-refractivity contribution < 1.29 is 13.2 Å². The number of hydrogen-bond acceptors (Lipinski definition) is 4. The van der Waals surface area contributed by atoms with E-state index in [-0.39, 0.29) is 18.4 Å². The van der Waals surface area contributed by atoms with E-state index in [0.717, 1.165) is 16.9 Å². The van der Waals surface area contributed by atoms with Crippen LogP contribution < -0.4 is 10.1 Å². The second-order valence-electron chi connectivity index (χ2n) is 5.31. The molecule has 5 nitrogen and oxygen atoms in total. The Morgan fingerprint density at radius 2 is 1.86 bits per heavy atom. The van der Waals surface area contributed by atoms with Crippen LogP contribution in [0.15, 0.2) is 17.0 Å². The smallest absolute Gasteiger partial charge is 0.243 e. The maximum atomic E-state index is 12.7. The molecule has 1 heterocycles. The van der Waals surface area contributed by atoms with Crippen LogP contribution in [0.2, 0.25) is 0 Å². The van der Waals surface area contributed by atoms with Crippen molar-refractivity contribution >= 4 is 22.4 Å². The Labute approximate surface area is 133 Å². The lowest BCUT2D eigenvalue weighted by Gasteiger charge is -2.31. The molecule has 1 fully saturated rings. The number of hydrogen-bond donors (Lipinski definition) is 1. The summed E-state index contributed by atoms with van der Waals surface area (Å²) in [6.07, 6.45) is 0. The number of ether oxygens (including phenoxy) is 1. The first-order valence-corrected chi connectivity index (χ1v) is 8.19. The topological polar surface area (TPSA) is 58.6 Å². The Balaban J connectivity index is 0.00000220. The molecule has 1 aromatic carbocycles. The third-order valence-electron chi connectivity index (χ3n) is 3.61. The van der Waals surface area contributed by atoms with Crippen molar-refractivity contribution in [2.45, 2.75) is 31.7 Å². The van der Waals surface area contributed by atoms with Crippen molar-refractivity contribution in [1.82, 2.24) is 9.62 Å². The summed E-state index contributed by atoms with van der Waals surface area (Å²) in [6.45, 7) is 7.43. The van der Waals surface area contributed by atoms with Gasteiger partial charge in [-0.15, -0.1) is 12.4 Å². The van der Waals surface area contributed by atoms with Gasteiger partial charge in [0.1, 0.15) is 5.75 Å². The van der Waals surface area contributed by atoms with Crippen LogP contribution in [0, 0.1) is 13.8 Å². The van der Waals surface area contributed by atoms with Gasteiger partial charge in [0.25, 0.3) is 0 Å². The number of rotatable bonds is 3. The van der Waals surface area contributed by atoms with E-state index >= 15 is 0 Å². The van der Waals surface area contributed by atoms with E-state index in [1.54, 1.807) is 23.5 Å². The molecule has 1 aliphatic heterocycles. The van der Waals surface area contributed by atoms with Gasteiger partial charge in [0.05, 0.1) is 12.0 Å². The standard InChI is InChI=1S/C14H22N2O3S.ClH/c1-10-7-13(8-11(2)14(10)19-4)20(17,18)16-6-5-15-12(3)9-16;/h7-8,12,15H,5-6,9H2,1-4H3;1H. The fraction of sp³-hybridized carbons (Fsp3) is 0.571. The van der Waals surface area contributed by atoms with E-state index in [9.17, 15) is 8.42 Å². The van der Waals surface area contributed by atoms with Crippen LogP contribution in [0.3, 0.4) is 0 Å². The summed E-state index contributed by atoms with van der Waals surface area (Å²) in [6, 6.07) is 3.56. The molecule has 0 amide bonds. The van der Waals surface area contributed by atoms with Gasteiger partial charge in [-0.3, -0.25) is 0 Å². The minimum Gasteiger partial charge on any atom is -0.496 e. The van der Waals surface area contributed by atoms with E-state index in [1.807, 2.05) is 20.8 Å². The van der Waals surface area contributed by atoms with Crippen LogP contribution in [-0.4, -0.2) is 45.5 Å². The Bertz CT molecular complexity index is 581. The summed E-state index contributed by atoms with van der Waals surface area (Å²) >= 11 is 0. The van der Waals surface area contributed by atoms with Crippen molar-refractivity contribution in [1.29, 1.82) is 0 Å². The highest BCUT2D eigenvalue weighted by Crippen LogP contribution is 2.28. The van der Waals surface area contributed by atoms with Gasteiger partial charge in [0.2, 0.25) is 10.0 Å². The minimum absolute atomic E-state index is 0. The highest BCUT2D eigenvalue weighted by Gasteiger charge is 2.29. The first-order chi connectivity index (χ1) is 9.36. The van der Waals surface area contributed by atoms with Crippen LogP contribution in [0.5, 0.6) is 5.75 Å². The number of halogens is 1. The molecule has 1 aromatic rings. The van der Waals surface area contributed by atoms with Crippen molar-refractivity contribution in [2.24, 2.45) is 0 Å². The van der Waals surface area contributed by atoms with Gasteiger partial charge < -0.3 is 10.1 Å². The lowest BCUT2D eigenvalue weighted by Crippen LogP contribution is -2.51. The number of sulfonamides is 1. The fourth-order valence-electron chi connectivity index (χ4n) is 2.65. The van der Waals surface area contributed by atoms with Crippen LogP contribution in [-0.2, 0) is 10.0 Å². The predicted octanol–water partition coefficient (Wildman–Crippen LogP) is 1.72. The lowest BCUT2D eigenvalue weighted by molar-refractivity contribution is 0.310. The van der Waals surface area contributed by atoms with E-state index in [1.165, 1.54) is 0 Å².